The van der Waals surface area contributed by atoms with Crippen LogP contribution in [0.5, 0.6) is 28.7 Å². The highest BCUT2D eigenvalue weighted by Gasteiger charge is 2.18. The number of halogens is 1. The molecule has 0 aliphatic rings. The number of amides is 1. The molecule has 3 aromatic rings. The number of carbonyl (C=O) groups excluding carboxylic acids is 2. The molecular formula is C27H27BrN2O7. The summed E-state index contributed by atoms with van der Waals surface area (Å²) in [6, 6.07) is 13.5. The van der Waals surface area contributed by atoms with Crippen molar-refractivity contribution in [3.63, 3.8) is 0 Å². The van der Waals surface area contributed by atoms with E-state index in [0.717, 1.165) is 15.6 Å². The van der Waals surface area contributed by atoms with Crippen molar-refractivity contribution in [2.75, 3.05) is 27.9 Å². The highest BCUT2D eigenvalue weighted by Crippen LogP contribution is 2.38. The molecule has 0 fully saturated rings. The Morgan fingerprint density at radius 3 is 2.03 bits per heavy atom. The number of aryl methyl sites for hydroxylation is 2. The number of nitrogens with zero attached hydrogens (tertiary/aromatic N) is 1. The Morgan fingerprint density at radius 1 is 0.892 bits per heavy atom. The molecule has 0 radical (unpaired) electrons. The normalized spacial score (nSPS) is 10.6. The summed E-state index contributed by atoms with van der Waals surface area (Å²) >= 11 is 3.43. The Labute approximate surface area is 223 Å². The smallest absolute Gasteiger partial charge is 0.343 e. The summed E-state index contributed by atoms with van der Waals surface area (Å²) in [5.41, 5.74) is 5.20. The van der Waals surface area contributed by atoms with Gasteiger partial charge in [-0.05, 0) is 79.1 Å². The third kappa shape index (κ3) is 7.23. The maximum Gasteiger partial charge on any atom is 0.343 e. The van der Waals surface area contributed by atoms with Crippen LogP contribution in [0.2, 0.25) is 0 Å². The van der Waals surface area contributed by atoms with Crippen LogP contribution in [0.1, 0.15) is 27.0 Å². The van der Waals surface area contributed by atoms with Crippen LogP contribution in [0.15, 0.2) is 58.1 Å². The van der Waals surface area contributed by atoms with Gasteiger partial charge in [0.2, 0.25) is 5.75 Å². The number of nitrogens with one attached hydrogen (secondary N) is 1. The van der Waals surface area contributed by atoms with Gasteiger partial charge in [0.05, 0.1) is 33.1 Å². The highest BCUT2D eigenvalue weighted by molar-refractivity contribution is 9.10. The number of hydrazone groups is 1. The zero-order valence-electron chi connectivity index (χ0n) is 21.1. The summed E-state index contributed by atoms with van der Waals surface area (Å²) in [5, 5.41) is 3.95. The standard InChI is InChI=1S/C27H27BrN2O7/c1-16-10-20(28)11-17(2)25(16)36-15-24(31)30-29-14-18-6-8-21(9-7-18)37-27(32)19-12-22(33-3)26(35-5)23(13-19)34-4/h6-14H,15H2,1-5H3,(H,30,31)/b29-14+. The molecule has 0 unspecified atom stereocenters. The molecule has 0 heterocycles. The van der Waals surface area contributed by atoms with Gasteiger partial charge in [0.15, 0.2) is 18.1 Å². The van der Waals surface area contributed by atoms with Gasteiger partial charge in [-0.3, -0.25) is 4.79 Å². The van der Waals surface area contributed by atoms with Crippen LogP contribution in [0.4, 0.5) is 0 Å². The summed E-state index contributed by atoms with van der Waals surface area (Å²) in [7, 11) is 4.41. The molecule has 0 aromatic heterocycles. The molecule has 37 heavy (non-hydrogen) atoms. The minimum Gasteiger partial charge on any atom is -0.493 e. The molecule has 10 heteroatoms. The molecule has 194 valence electrons. The largest absolute Gasteiger partial charge is 0.493 e. The number of hydrogen-bond acceptors (Lipinski definition) is 8. The Hall–Kier alpha value is -4.05. The summed E-state index contributed by atoms with van der Waals surface area (Å²) in [5.74, 6) is 1.07. The predicted octanol–water partition coefficient (Wildman–Crippen LogP) is 4.84. The van der Waals surface area contributed by atoms with Crippen LogP contribution in [0.3, 0.4) is 0 Å². The van der Waals surface area contributed by atoms with E-state index in [0.29, 0.717) is 34.3 Å². The van der Waals surface area contributed by atoms with E-state index in [1.54, 1.807) is 24.3 Å². The Morgan fingerprint density at radius 2 is 1.49 bits per heavy atom. The van der Waals surface area contributed by atoms with Crippen molar-refractivity contribution in [3.05, 3.63) is 75.3 Å². The van der Waals surface area contributed by atoms with E-state index in [-0.39, 0.29) is 12.2 Å². The maximum absolute atomic E-state index is 12.6. The van der Waals surface area contributed by atoms with Gasteiger partial charge in [0, 0.05) is 4.47 Å². The zero-order chi connectivity index (χ0) is 26.9. The Balaban J connectivity index is 1.55. The van der Waals surface area contributed by atoms with Gasteiger partial charge < -0.3 is 23.7 Å². The third-order valence-electron chi connectivity index (χ3n) is 5.17. The van der Waals surface area contributed by atoms with E-state index in [4.69, 9.17) is 23.7 Å². The third-order valence-corrected chi connectivity index (χ3v) is 5.62. The highest BCUT2D eigenvalue weighted by atomic mass is 79.9. The predicted molar refractivity (Wildman–Crippen MR) is 142 cm³/mol. The fraction of sp³-hybridized carbons (Fsp3) is 0.222. The second-order valence-electron chi connectivity index (χ2n) is 7.82. The molecule has 0 saturated carbocycles. The van der Waals surface area contributed by atoms with E-state index in [1.807, 2.05) is 26.0 Å². The number of esters is 1. The zero-order valence-corrected chi connectivity index (χ0v) is 22.7. The lowest BCUT2D eigenvalue weighted by atomic mass is 10.1. The number of benzene rings is 3. The number of methoxy groups -OCH3 is 3. The molecular weight excluding hydrogens is 544 g/mol. The number of carbonyl (C=O) groups is 2. The number of ether oxygens (including phenoxy) is 5. The first-order valence-electron chi connectivity index (χ1n) is 11.1. The molecule has 0 aliphatic carbocycles. The first kappa shape index (κ1) is 27.5. The van der Waals surface area contributed by atoms with Crippen LogP contribution >= 0.6 is 15.9 Å². The fourth-order valence-electron chi connectivity index (χ4n) is 3.46. The monoisotopic (exact) mass is 570 g/mol. The van der Waals surface area contributed by atoms with Gasteiger partial charge in [-0.2, -0.15) is 5.10 Å². The minimum absolute atomic E-state index is 0.170. The second kappa shape index (κ2) is 12.8. The lowest BCUT2D eigenvalue weighted by Crippen LogP contribution is -2.25. The molecule has 0 aliphatic heterocycles. The lowest BCUT2D eigenvalue weighted by Gasteiger charge is -2.13. The first-order chi connectivity index (χ1) is 17.7. The van der Waals surface area contributed by atoms with Gasteiger partial charge in [-0.25, -0.2) is 10.2 Å². The van der Waals surface area contributed by atoms with Gasteiger partial charge in [-0.1, -0.05) is 15.9 Å². The quantitative estimate of drug-likeness (QED) is 0.161. The Bertz CT molecular complexity index is 1260. The first-order valence-corrected chi connectivity index (χ1v) is 11.9. The van der Waals surface area contributed by atoms with E-state index in [9.17, 15) is 9.59 Å². The van der Waals surface area contributed by atoms with Crippen LogP contribution in [0, 0.1) is 13.8 Å². The van der Waals surface area contributed by atoms with E-state index in [2.05, 4.69) is 26.5 Å². The molecule has 9 nitrogen and oxygen atoms in total. The van der Waals surface area contributed by atoms with E-state index >= 15 is 0 Å². The molecule has 3 aromatic carbocycles. The van der Waals surface area contributed by atoms with Gasteiger partial charge in [-0.15, -0.1) is 0 Å². The van der Waals surface area contributed by atoms with E-state index < -0.39 is 11.9 Å². The Kier molecular flexibility index (Phi) is 9.51. The molecule has 0 spiro atoms. The molecule has 0 bridgehead atoms. The summed E-state index contributed by atoms with van der Waals surface area (Å²) < 4.78 is 27.9. The van der Waals surface area contributed by atoms with Crippen molar-refractivity contribution >= 4 is 34.0 Å². The molecule has 1 amide bonds. The van der Waals surface area contributed by atoms with E-state index in [1.165, 1.54) is 39.7 Å². The molecule has 1 N–H and O–H groups in total. The second-order valence-corrected chi connectivity index (χ2v) is 8.74. The van der Waals surface area contributed by atoms with Crippen molar-refractivity contribution < 1.29 is 33.3 Å². The average Bonchev–Trinajstić information content (AvgIpc) is 2.88. The maximum atomic E-state index is 12.6. The van der Waals surface area contributed by atoms with Crippen LogP contribution in [0.25, 0.3) is 0 Å². The molecule has 0 saturated heterocycles. The summed E-state index contributed by atoms with van der Waals surface area (Å²) in [4.78, 5) is 24.7. The SMILES string of the molecule is COc1cc(C(=O)Oc2ccc(/C=N/NC(=O)COc3c(C)cc(Br)cc3C)cc2)cc(OC)c1OC. The van der Waals surface area contributed by atoms with Crippen molar-refractivity contribution in [1.82, 2.24) is 5.43 Å². The average molecular weight is 571 g/mol. The van der Waals surface area contributed by atoms with Crippen molar-refractivity contribution in [3.8, 4) is 28.7 Å². The molecule has 0 atom stereocenters. The van der Waals surface area contributed by atoms with Crippen molar-refractivity contribution in [2.45, 2.75) is 13.8 Å². The summed E-state index contributed by atoms with van der Waals surface area (Å²) in [6.07, 6.45) is 1.47. The molecule has 3 rings (SSSR count). The van der Waals surface area contributed by atoms with Crippen LogP contribution < -0.4 is 29.1 Å². The van der Waals surface area contributed by atoms with Crippen LogP contribution in [-0.2, 0) is 4.79 Å². The topological polar surface area (TPSA) is 105 Å². The van der Waals surface area contributed by atoms with Gasteiger partial charge in [0.25, 0.3) is 5.91 Å². The number of hydrogen-bond donors (Lipinski definition) is 1. The van der Waals surface area contributed by atoms with Crippen molar-refractivity contribution in [2.24, 2.45) is 5.10 Å². The van der Waals surface area contributed by atoms with Crippen molar-refractivity contribution in [1.29, 1.82) is 0 Å². The van der Waals surface area contributed by atoms with Gasteiger partial charge in [0.1, 0.15) is 11.5 Å². The fourth-order valence-corrected chi connectivity index (χ4v) is 4.15. The van der Waals surface area contributed by atoms with Gasteiger partial charge >= 0.3 is 5.97 Å². The minimum atomic E-state index is -0.593. The summed E-state index contributed by atoms with van der Waals surface area (Å²) in [6.45, 7) is 3.65. The number of rotatable bonds is 10. The lowest BCUT2D eigenvalue weighted by molar-refractivity contribution is -0.123. The van der Waals surface area contributed by atoms with Crippen LogP contribution in [-0.4, -0.2) is 46.0 Å².